The quantitative estimate of drug-likeness (QED) is 0.879. The average Bonchev–Trinajstić information content (AvgIpc) is 3.19. The predicted octanol–water partition coefficient (Wildman–Crippen LogP) is 2.53. The first-order chi connectivity index (χ1) is 12.0. The van der Waals surface area contributed by atoms with Crippen LogP contribution in [0.4, 0.5) is 0 Å². The van der Waals surface area contributed by atoms with E-state index in [0.717, 1.165) is 36.6 Å². The summed E-state index contributed by atoms with van der Waals surface area (Å²) < 4.78 is 1.84. The van der Waals surface area contributed by atoms with Crippen LogP contribution in [0.25, 0.3) is 0 Å². The van der Waals surface area contributed by atoms with Gasteiger partial charge in [0.25, 0.3) is 0 Å². The van der Waals surface area contributed by atoms with Gasteiger partial charge in [0.05, 0.1) is 18.2 Å². The smallest absolute Gasteiger partial charge is 0.225 e. The summed E-state index contributed by atoms with van der Waals surface area (Å²) in [5.74, 6) is 0.0623. The summed E-state index contributed by atoms with van der Waals surface area (Å²) in [7, 11) is 1.92. The van der Waals surface area contributed by atoms with Gasteiger partial charge in [-0.3, -0.25) is 9.48 Å². The van der Waals surface area contributed by atoms with Crippen molar-refractivity contribution in [2.24, 2.45) is 7.05 Å². The number of nitrogens with one attached hydrogen (secondary N) is 1. The number of hydrogen-bond donors (Lipinski definition) is 1. The third-order valence-electron chi connectivity index (χ3n) is 5.17. The van der Waals surface area contributed by atoms with Gasteiger partial charge < -0.3 is 10.2 Å². The van der Waals surface area contributed by atoms with Crippen molar-refractivity contribution in [2.45, 2.75) is 39.2 Å². The number of rotatable bonds is 6. The van der Waals surface area contributed by atoms with E-state index >= 15 is 0 Å². The fourth-order valence-electron chi connectivity index (χ4n) is 3.62. The lowest BCUT2D eigenvalue weighted by Crippen LogP contribution is -2.37. The van der Waals surface area contributed by atoms with Gasteiger partial charge in [0.15, 0.2) is 0 Å². The summed E-state index contributed by atoms with van der Waals surface area (Å²) in [6, 6.07) is 10.3. The van der Waals surface area contributed by atoms with Crippen LogP contribution in [0.15, 0.2) is 30.3 Å². The largest absolute Gasteiger partial charge is 0.348 e. The van der Waals surface area contributed by atoms with Gasteiger partial charge in [-0.1, -0.05) is 30.3 Å². The summed E-state index contributed by atoms with van der Waals surface area (Å²) in [6.07, 6.45) is 2.89. The number of aromatic nitrogens is 2. The van der Waals surface area contributed by atoms with E-state index in [9.17, 15) is 4.79 Å². The Hall–Kier alpha value is -2.14. The third-order valence-corrected chi connectivity index (χ3v) is 5.17. The van der Waals surface area contributed by atoms with Gasteiger partial charge in [0, 0.05) is 24.8 Å². The van der Waals surface area contributed by atoms with E-state index in [1.165, 1.54) is 18.4 Å². The van der Waals surface area contributed by atoms with E-state index in [1.54, 1.807) is 0 Å². The molecule has 1 aromatic carbocycles. The van der Waals surface area contributed by atoms with Crippen LogP contribution in [0, 0.1) is 13.8 Å². The molecular formula is C20H28N4O. The van der Waals surface area contributed by atoms with Crippen LogP contribution in [-0.4, -0.2) is 40.2 Å². The molecule has 1 unspecified atom stereocenters. The van der Waals surface area contributed by atoms with Gasteiger partial charge in [0.1, 0.15) is 0 Å². The third kappa shape index (κ3) is 4.28. The molecule has 1 atom stereocenters. The predicted molar refractivity (Wildman–Crippen MR) is 99.4 cm³/mol. The molecule has 0 saturated carbocycles. The number of amides is 1. The van der Waals surface area contributed by atoms with E-state index in [2.05, 4.69) is 27.4 Å². The first kappa shape index (κ1) is 17.7. The molecule has 5 heteroatoms. The van der Waals surface area contributed by atoms with E-state index < -0.39 is 0 Å². The Morgan fingerprint density at radius 2 is 1.88 bits per heavy atom. The number of carbonyl (C=O) groups excluding carboxylic acids is 1. The van der Waals surface area contributed by atoms with Crippen LogP contribution in [0.3, 0.4) is 0 Å². The molecule has 0 aliphatic carbocycles. The second-order valence-electron chi connectivity index (χ2n) is 6.99. The molecule has 25 heavy (non-hydrogen) atoms. The number of carbonyl (C=O) groups is 1. The number of nitrogens with zero attached hydrogens (tertiary/aromatic N) is 3. The highest BCUT2D eigenvalue weighted by Crippen LogP contribution is 2.19. The fourth-order valence-corrected chi connectivity index (χ4v) is 3.62. The van der Waals surface area contributed by atoms with Crippen LogP contribution in [-0.2, 0) is 18.3 Å². The number of benzene rings is 1. The average molecular weight is 340 g/mol. The van der Waals surface area contributed by atoms with Crippen molar-refractivity contribution in [3.05, 3.63) is 52.8 Å². The zero-order valence-electron chi connectivity index (χ0n) is 15.5. The highest BCUT2D eigenvalue weighted by atomic mass is 16.1. The molecule has 1 aromatic heterocycles. The summed E-state index contributed by atoms with van der Waals surface area (Å²) in [6.45, 7) is 7.11. The van der Waals surface area contributed by atoms with Crippen molar-refractivity contribution >= 4 is 5.91 Å². The number of likely N-dealkylation sites (tertiary alicyclic amines) is 1. The van der Waals surface area contributed by atoms with Crippen LogP contribution < -0.4 is 5.32 Å². The molecule has 0 radical (unpaired) electrons. The molecule has 1 saturated heterocycles. The molecule has 1 fully saturated rings. The highest BCUT2D eigenvalue weighted by molar-refractivity contribution is 5.79. The topological polar surface area (TPSA) is 50.2 Å². The molecule has 1 amide bonds. The SMILES string of the molecule is Cc1nn(C)c(C)c1CC(=O)NC(CN1CCCC1)c1ccccc1. The molecule has 3 rings (SSSR count). The standard InChI is InChI=1S/C20H28N4O/c1-15-18(16(2)23(3)22-15)13-20(25)21-19(14-24-11-7-8-12-24)17-9-5-4-6-10-17/h4-6,9-10,19H,7-8,11-14H2,1-3H3,(H,21,25). The van der Waals surface area contributed by atoms with Crippen molar-refractivity contribution in [1.29, 1.82) is 0 Å². The number of hydrogen-bond acceptors (Lipinski definition) is 3. The molecular weight excluding hydrogens is 312 g/mol. The minimum Gasteiger partial charge on any atom is -0.348 e. The normalized spacial score (nSPS) is 16.1. The van der Waals surface area contributed by atoms with Crippen molar-refractivity contribution < 1.29 is 4.79 Å². The fraction of sp³-hybridized carbons (Fsp3) is 0.500. The molecule has 0 bridgehead atoms. The van der Waals surface area contributed by atoms with Crippen molar-refractivity contribution in [1.82, 2.24) is 20.0 Å². The molecule has 1 aliphatic heterocycles. The Morgan fingerprint density at radius 1 is 1.20 bits per heavy atom. The monoisotopic (exact) mass is 340 g/mol. The first-order valence-electron chi connectivity index (χ1n) is 9.10. The van der Waals surface area contributed by atoms with Gasteiger partial charge in [-0.15, -0.1) is 0 Å². The van der Waals surface area contributed by atoms with Crippen molar-refractivity contribution in [3.8, 4) is 0 Å². The Morgan fingerprint density at radius 3 is 2.48 bits per heavy atom. The summed E-state index contributed by atoms with van der Waals surface area (Å²) in [5, 5.41) is 7.67. The van der Waals surface area contributed by atoms with Crippen molar-refractivity contribution in [3.63, 3.8) is 0 Å². The summed E-state index contributed by atoms with van der Waals surface area (Å²) in [4.78, 5) is 15.2. The van der Waals surface area contributed by atoms with E-state index in [-0.39, 0.29) is 11.9 Å². The second kappa shape index (κ2) is 7.83. The number of aryl methyl sites for hydroxylation is 2. The van der Waals surface area contributed by atoms with Gasteiger partial charge >= 0.3 is 0 Å². The Kier molecular flexibility index (Phi) is 5.53. The lowest BCUT2D eigenvalue weighted by Gasteiger charge is -2.25. The van der Waals surface area contributed by atoms with Gasteiger partial charge in [0.2, 0.25) is 5.91 Å². The van der Waals surface area contributed by atoms with Crippen LogP contribution in [0.1, 0.15) is 41.4 Å². The molecule has 1 aliphatic rings. The van der Waals surface area contributed by atoms with Crippen LogP contribution in [0.5, 0.6) is 0 Å². The minimum atomic E-state index is 0.0316. The maximum Gasteiger partial charge on any atom is 0.225 e. The van der Waals surface area contributed by atoms with Gasteiger partial charge in [-0.2, -0.15) is 5.10 Å². The lowest BCUT2D eigenvalue weighted by atomic mass is 10.0. The van der Waals surface area contributed by atoms with Gasteiger partial charge in [-0.05, 0) is 45.3 Å². The maximum atomic E-state index is 12.7. The molecule has 134 valence electrons. The van der Waals surface area contributed by atoms with E-state index in [4.69, 9.17) is 0 Å². The van der Waals surface area contributed by atoms with Crippen LogP contribution in [0.2, 0.25) is 0 Å². The van der Waals surface area contributed by atoms with Crippen LogP contribution >= 0.6 is 0 Å². The van der Waals surface area contributed by atoms with E-state index in [1.807, 2.05) is 43.8 Å². The van der Waals surface area contributed by atoms with E-state index in [0.29, 0.717) is 6.42 Å². The lowest BCUT2D eigenvalue weighted by molar-refractivity contribution is -0.121. The minimum absolute atomic E-state index is 0.0316. The molecule has 2 aromatic rings. The second-order valence-corrected chi connectivity index (χ2v) is 6.99. The summed E-state index contributed by atoms with van der Waals surface area (Å²) in [5.41, 5.74) is 4.20. The molecule has 2 heterocycles. The molecule has 5 nitrogen and oxygen atoms in total. The first-order valence-corrected chi connectivity index (χ1v) is 9.10. The zero-order chi connectivity index (χ0) is 17.8. The maximum absolute atomic E-state index is 12.7. The Bertz CT molecular complexity index is 717. The zero-order valence-corrected chi connectivity index (χ0v) is 15.5. The summed E-state index contributed by atoms with van der Waals surface area (Å²) >= 11 is 0. The van der Waals surface area contributed by atoms with Gasteiger partial charge in [-0.25, -0.2) is 0 Å². The molecule has 0 spiro atoms. The highest BCUT2D eigenvalue weighted by Gasteiger charge is 2.22. The Balaban J connectivity index is 1.71. The Labute approximate surface area is 150 Å². The van der Waals surface area contributed by atoms with Crippen molar-refractivity contribution in [2.75, 3.05) is 19.6 Å². The molecule has 1 N–H and O–H groups in total.